The number of likely N-dealkylation sites (tertiary alicyclic amines) is 1. The van der Waals surface area contributed by atoms with E-state index in [1.165, 1.54) is 36.9 Å². The number of nitrogens with zero attached hydrogens (tertiary/aromatic N) is 1. The molecule has 1 saturated heterocycles. The topological polar surface area (TPSA) is 104 Å². The van der Waals surface area contributed by atoms with Gasteiger partial charge in [0.15, 0.2) is 0 Å². The van der Waals surface area contributed by atoms with E-state index in [1.807, 2.05) is 0 Å². The molecule has 0 radical (unpaired) electrons. The molecule has 1 aromatic rings. The van der Waals surface area contributed by atoms with Crippen LogP contribution in [0.1, 0.15) is 37.8 Å². The van der Waals surface area contributed by atoms with Gasteiger partial charge in [0, 0.05) is 19.1 Å². The normalized spacial score (nSPS) is 19.3. The molecule has 0 saturated carbocycles. The van der Waals surface area contributed by atoms with Gasteiger partial charge in [-0.25, -0.2) is 0 Å². The van der Waals surface area contributed by atoms with E-state index in [1.54, 1.807) is 0 Å². The van der Waals surface area contributed by atoms with Crippen LogP contribution in [0.25, 0.3) is 0 Å². The first-order valence-corrected chi connectivity index (χ1v) is 9.29. The molecule has 1 aliphatic rings. The van der Waals surface area contributed by atoms with Gasteiger partial charge >= 0.3 is 10.4 Å². The standard InChI is InChI=1S/C16H26N2.H2O4S/c1-13(2)10-14-5-7-15(8-6-14)11-18-9-3-4-16(17)12-18;1-5(2,3)4/h5-8,13,16H,3-4,9-12,17H2,1-2H3;(H2,1,2,3,4). The van der Waals surface area contributed by atoms with Crippen LogP contribution in [-0.4, -0.2) is 41.6 Å². The Balaban J connectivity index is 0.000000463. The van der Waals surface area contributed by atoms with Gasteiger partial charge in [0.05, 0.1) is 0 Å². The summed E-state index contributed by atoms with van der Waals surface area (Å²) in [5.74, 6) is 0.732. The Kier molecular flexibility index (Phi) is 8.15. The van der Waals surface area contributed by atoms with E-state index in [0.29, 0.717) is 6.04 Å². The summed E-state index contributed by atoms with van der Waals surface area (Å²) in [5.41, 5.74) is 8.88. The van der Waals surface area contributed by atoms with E-state index in [2.05, 4.69) is 43.0 Å². The summed E-state index contributed by atoms with van der Waals surface area (Å²) in [6, 6.07) is 9.48. The summed E-state index contributed by atoms with van der Waals surface area (Å²) < 4.78 is 31.6. The van der Waals surface area contributed by atoms with Gasteiger partial charge in [0.2, 0.25) is 0 Å². The maximum Gasteiger partial charge on any atom is 0.394 e. The lowest BCUT2D eigenvalue weighted by atomic mass is 10.0. The third kappa shape index (κ3) is 10.4. The Morgan fingerprint density at radius 1 is 1.22 bits per heavy atom. The predicted octanol–water partition coefficient (Wildman–Crippen LogP) is 2.16. The molecule has 1 atom stereocenters. The Hall–Kier alpha value is -0.990. The molecule has 1 fully saturated rings. The Labute approximate surface area is 139 Å². The van der Waals surface area contributed by atoms with Crippen LogP contribution in [-0.2, 0) is 23.4 Å². The van der Waals surface area contributed by atoms with Gasteiger partial charge in [-0.2, -0.15) is 8.42 Å². The fraction of sp³-hybridized carbons (Fsp3) is 0.625. The van der Waals surface area contributed by atoms with Crippen molar-refractivity contribution in [2.24, 2.45) is 11.7 Å². The van der Waals surface area contributed by atoms with Crippen LogP contribution in [0.15, 0.2) is 24.3 Å². The van der Waals surface area contributed by atoms with Crippen molar-refractivity contribution in [3.63, 3.8) is 0 Å². The molecule has 1 aliphatic heterocycles. The summed E-state index contributed by atoms with van der Waals surface area (Å²) >= 11 is 0. The van der Waals surface area contributed by atoms with Crippen molar-refractivity contribution in [1.29, 1.82) is 0 Å². The molecule has 0 aliphatic carbocycles. The molecule has 1 aromatic carbocycles. The van der Waals surface area contributed by atoms with Crippen LogP contribution in [0.3, 0.4) is 0 Å². The molecule has 6 nitrogen and oxygen atoms in total. The highest BCUT2D eigenvalue weighted by Gasteiger charge is 2.16. The minimum Gasteiger partial charge on any atom is -0.327 e. The summed E-state index contributed by atoms with van der Waals surface area (Å²) in [4.78, 5) is 2.48. The molecule has 0 aromatic heterocycles. The lowest BCUT2D eigenvalue weighted by Gasteiger charge is -2.30. The molecule has 0 amide bonds. The highest BCUT2D eigenvalue weighted by Crippen LogP contribution is 2.14. The summed E-state index contributed by atoms with van der Waals surface area (Å²) in [6.07, 6.45) is 3.60. The van der Waals surface area contributed by atoms with Gasteiger partial charge in [-0.3, -0.25) is 14.0 Å². The van der Waals surface area contributed by atoms with E-state index in [9.17, 15) is 0 Å². The summed E-state index contributed by atoms with van der Waals surface area (Å²) in [6.45, 7) is 7.83. The van der Waals surface area contributed by atoms with Crippen LogP contribution in [0, 0.1) is 5.92 Å². The highest BCUT2D eigenvalue weighted by atomic mass is 32.3. The zero-order chi connectivity index (χ0) is 17.5. The average molecular weight is 344 g/mol. The lowest BCUT2D eigenvalue weighted by Crippen LogP contribution is -2.42. The quantitative estimate of drug-likeness (QED) is 0.723. The second-order valence-electron chi connectivity index (χ2n) is 6.50. The van der Waals surface area contributed by atoms with Crippen molar-refractivity contribution < 1.29 is 17.5 Å². The van der Waals surface area contributed by atoms with Gasteiger partial charge in [-0.15, -0.1) is 0 Å². The Morgan fingerprint density at radius 3 is 2.22 bits per heavy atom. The van der Waals surface area contributed by atoms with Crippen LogP contribution in [0.5, 0.6) is 0 Å². The molecule has 0 spiro atoms. The number of piperidine rings is 1. The minimum absolute atomic E-state index is 0.374. The lowest BCUT2D eigenvalue weighted by molar-refractivity contribution is 0.201. The van der Waals surface area contributed by atoms with E-state index in [4.69, 9.17) is 23.3 Å². The first-order valence-electron chi connectivity index (χ1n) is 7.89. The second kappa shape index (κ2) is 9.34. The van der Waals surface area contributed by atoms with Crippen LogP contribution in [0.4, 0.5) is 0 Å². The van der Waals surface area contributed by atoms with Crippen LogP contribution in [0.2, 0.25) is 0 Å². The smallest absolute Gasteiger partial charge is 0.327 e. The number of hydrogen-bond donors (Lipinski definition) is 3. The third-order valence-corrected chi connectivity index (χ3v) is 3.62. The first-order chi connectivity index (χ1) is 10.6. The van der Waals surface area contributed by atoms with E-state index >= 15 is 0 Å². The minimum atomic E-state index is -4.67. The molecule has 4 N–H and O–H groups in total. The molecule has 23 heavy (non-hydrogen) atoms. The molecular formula is C16H28N2O4S. The van der Waals surface area contributed by atoms with Crippen molar-refractivity contribution in [2.45, 2.75) is 45.7 Å². The number of nitrogens with two attached hydrogens (primary N) is 1. The fourth-order valence-corrected chi connectivity index (χ4v) is 2.75. The highest BCUT2D eigenvalue weighted by molar-refractivity contribution is 7.79. The molecule has 7 heteroatoms. The molecular weight excluding hydrogens is 316 g/mol. The van der Waals surface area contributed by atoms with Gasteiger partial charge in [0.1, 0.15) is 0 Å². The van der Waals surface area contributed by atoms with Gasteiger partial charge in [-0.1, -0.05) is 38.1 Å². The van der Waals surface area contributed by atoms with Crippen molar-refractivity contribution in [1.82, 2.24) is 4.90 Å². The zero-order valence-corrected chi connectivity index (χ0v) is 14.7. The summed E-state index contributed by atoms with van der Waals surface area (Å²) in [7, 11) is -4.67. The Bertz CT molecular complexity index is 550. The van der Waals surface area contributed by atoms with Crippen molar-refractivity contribution in [3.8, 4) is 0 Å². The van der Waals surface area contributed by atoms with E-state index in [0.717, 1.165) is 19.0 Å². The van der Waals surface area contributed by atoms with Gasteiger partial charge in [-0.05, 0) is 42.9 Å². The predicted molar refractivity (Wildman–Crippen MR) is 91.6 cm³/mol. The second-order valence-corrected chi connectivity index (χ2v) is 7.40. The number of rotatable bonds is 4. The SMILES string of the molecule is CC(C)Cc1ccc(CN2CCCC(N)C2)cc1.O=S(=O)(O)O. The number of benzene rings is 1. The largest absolute Gasteiger partial charge is 0.394 e. The van der Waals surface area contributed by atoms with Crippen molar-refractivity contribution >= 4 is 10.4 Å². The maximum absolute atomic E-state index is 8.74. The fourth-order valence-electron chi connectivity index (χ4n) is 2.75. The molecule has 132 valence electrons. The van der Waals surface area contributed by atoms with Crippen molar-refractivity contribution in [2.75, 3.05) is 13.1 Å². The van der Waals surface area contributed by atoms with E-state index < -0.39 is 10.4 Å². The molecule has 1 unspecified atom stereocenters. The first kappa shape index (κ1) is 20.1. The average Bonchev–Trinajstić information content (AvgIpc) is 2.38. The molecule has 2 rings (SSSR count). The van der Waals surface area contributed by atoms with Gasteiger partial charge < -0.3 is 5.73 Å². The van der Waals surface area contributed by atoms with E-state index in [-0.39, 0.29) is 0 Å². The molecule has 1 heterocycles. The van der Waals surface area contributed by atoms with Crippen LogP contribution < -0.4 is 5.73 Å². The van der Waals surface area contributed by atoms with Crippen LogP contribution >= 0.6 is 0 Å². The van der Waals surface area contributed by atoms with Crippen molar-refractivity contribution in [3.05, 3.63) is 35.4 Å². The maximum atomic E-state index is 8.74. The number of hydrogen-bond acceptors (Lipinski definition) is 4. The summed E-state index contributed by atoms with van der Waals surface area (Å²) in [5, 5.41) is 0. The van der Waals surface area contributed by atoms with Gasteiger partial charge in [0.25, 0.3) is 0 Å². The Morgan fingerprint density at radius 2 is 1.74 bits per heavy atom. The monoisotopic (exact) mass is 344 g/mol. The third-order valence-electron chi connectivity index (χ3n) is 3.62. The zero-order valence-electron chi connectivity index (χ0n) is 13.9. The molecule has 0 bridgehead atoms.